The van der Waals surface area contributed by atoms with Crippen LogP contribution in [0.25, 0.3) is 0 Å². The molecule has 2 heterocycles. The first kappa shape index (κ1) is 40.2. The molecule has 12 unspecified atom stereocenters. The lowest BCUT2D eigenvalue weighted by atomic mass is 9.83. The van der Waals surface area contributed by atoms with Crippen molar-refractivity contribution in [1.82, 2.24) is 5.32 Å². The number of halogens is 2. The minimum Gasteiger partial charge on any atom is -0.463 e. The second-order valence-corrected chi connectivity index (χ2v) is 12.7. The number of alkyl carbamates (subject to hydrolysis) is 1. The quantitative estimate of drug-likeness (QED) is 0.136. The van der Waals surface area contributed by atoms with Crippen LogP contribution in [0.5, 0.6) is 0 Å². The number of carbonyl (C=O) groups excluding carboxylic acids is 4. The van der Waals surface area contributed by atoms with E-state index in [0.717, 1.165) is 26.3 Å². The van der Waals surface area contributed by atoms with Crippen molar-refractivity contribution < 1.29 is 65.9 Å². The van der Waals surface area contributed by atoms with Crippen LogP contribution in [0.4, 0.5) is 13.6 Å². The minimum absolute atomic E-state index is 0.0103. The lowest BCUT2D eigenvalue weighted by Gasteiger charge is -2.49. The average Bonchev–Trinajstić information content (AvgIpc) is 3.06. The van der Waals surface area contributed by atoms with Crippen molar-refractivity contribution in [3.63, 3.8) is 0 Å². The molecule has 17 nitrogen and oxygen atoms in total. The molecule has 19 heteroatoms. The van der Waals surface area contributed by atoms with Crippen LogP contribution in [-0.4, -0.2) is 116 Å². The summed E-state index contributed by atoms with van der Waals surface area (Å²) in [7, 11) is 0. The van der Waals surface area contributed by atoms with Crippen LogP contribution in [0.2, 0.25) is 0 Å². The van der Waals surface area contributed by atoms with E-state index in [9.17, 15) is 19.2 Å². The number of carbonyl (C=O) groups is 4. The molecule has 0 bridgehead atoms. The Bertz CT molecular complexity index is 1350. The second kappa shape index (κ2) is 17.8. The number of hydrogen-bond acceptors (Lipinski definition) is 16. The predicted molar refractivity (Wildman–Crippen MR) is 170 cm³/mol. The summed E-state index contributed by atoms with van der Waals surface area (Å²) >= 11 is 0. The summed E-state index contributed by atoms with van der Waals surface area (Å²) in [4.78, 5) is 47.7. The fourth-order valence-electron chi connectivity index (χ4n) is 6.15. The Morgan fingerprint density at radius 1 is 0.804 bits per heavy atom. The summed E-state index contributed by atoms with van der Waals surface area (Å²) in [6.07, 6.45) is -12.4. The van der Waals surface area contributed by atoms with Crippen LogP contribution in [-0.2, 0) is 58.9 Å². The molecule has 1 aliphatic carbocycles. The molecule has 286 valence electrons. The standard InChI is InChI=1S/C32H47F2N5O12/c1-15(40)44-14-23-25(46-16(2)41)24(38)26(47-17(3)42)30(49-23)51-28-22(37)11-21(36)27(32(28,33)34)50-29-20(35)10-9-19(48-29)12-39-31(43)45-13-18-7-5-4-6-8-18/h4-8,19-30H,9-14,35-38H2,1-3H3,(H,39,43). The van der Waals surface area contributed by atoms with Crippen LogP contribution in [0.15, 0.2) is 30.3 Å². The van der Waals surface area contributed by atoms with Gasteiger partial charge >= 0.3 is 29.9 Å². The molecule has 51 heavy (non-hydrogen) atoms. The molecule has 4 rings (SSSR count). The molecule has 0 radical (unpaired) electrons. The van der Waals surface area contributed by atoms with Crippen molar-refractivity contribution in [2.45, 2.75) is 126 Å². The van der Waals surface area contributed by atoms with E-state index in [4.69, 9.17) is 60.8 Å². The zero-order chi connectivity index (χ0) is 37.5. The number of rotatable bonds is 12. The van der Waals surface area contributed by atoms with Gasteiger partial charge in [-0.15, -0.1) is 0 Å². The van der Waals surface area contributed by atoms with Gasteiger partial charge in [0.05, 0.1) is 18.2 Å². The molecule has 2 saturated heterocycles. The number of esters is 3. The third-order valence-electron chi connectivity index (χ3n) is 8.58. The fraction of sp³-hybridized carbons (Fsp3) is 0.688. The lowest BCUT2D eigenvalue weighted by molar-refractivity contribution is -0.342. The Morgan fingerprint density at radius 3 is 2.02 bits per heavy atom. The first-order valence-electron chi connectivity index (χ1n) is 16.5. The van der Waals surface area contributed by atoms with Gasteiger partial charge in [0, 0.05) is 39.4 Å². The van der Waals surface area contributed by atoms with Crippen LogP contribution in [0.1, 0.15) is 45.6 Å². The topological polar surface area (TPSA) is 258 Å². The molecule has 9 N–H and O–H groups in total. The van der Waals surface area contributed by atoms with Crippen molar-refractivity contribution in [2.24, 2.45) is 22.9 Å². The highest BCUT2D eigenvalue weighted by atomic mass is 19.3. The summed E-state index contributed by atoms with van der Waals surface area (Å²) in [5.41, 5.74) is 25.6. The molecule has 12 atom stereocenters. The number of alkyl halides is 2. The van der Waals surface area contributed by atoms with Crippen LogP contribution >= 0.6 is 0 Å². The lowest BCUT2D eigenvalue weighted by Crippen LogP contribution is -2.71. The highest BCUT2D eigenvalue weighted by molar-refractivity contribution is 5.68. The highest BCUT2D eigenvalue weighted by Gasteiger charge is 2.61. The van der Waals surface area contributed by atoms with Crippen LogP contribution in [0, 0.1) is 0 Å². The Balaban J connectivity index is 1.45. The molecule has 1 aromatic carbocycles. The minimum atomic E-state index is -3.92. The third-order valence-corrected chi connectivity index (χ3v) is 8.58. The third kappa shape index (κ3) is 10.7. The predicted octanol–water partition coefficient (Wildman–Crippen LogP) is -0.312. The molecule has 0 aromatic heterocycles. The monoisotopic (exact) mass is 731 g/mol. The van der Waals surface area contributed by atoms with E-state index in [0.29, 0.717) is 12.8 Å². The first-order chi connectivity index (χ1) is 24.1. The molecule has 3 aliphatic rings. The van der Waals surface area contributed by atoms with Gasteiger partial charge in [-0.1, -0.05) is 30.3 Å². The summed E-state index contributed by atoms with van der Waals surface area (Å²) in [6.45, 7) is 2.79. The van der Waals surface area contributed by atoms with E-state index in [1.807, 2.05) is 18.2 Å². The van der Waals surface area contributed by atoms with Gasteiger partial charge in [0.1, 0.15) is 31.5 Å². The number of hydrogen-bond donors (Lipinski definition) is 5. The number of nitrogens with one attached hydrogen (secondary N) is 1. The van der Waals surface area contributed by atoms with Gasteiger partial charge in [-0.3, -0.25) is 14.4 Å². The van der Waals surface area contributed by atoms with Crippen molar-refractivity contribution in [3.05, 3.63) is 35.9 Å². The Labute approximate surface area is 293 Å². The van der Waals surface area contributed by atoms with Gasteiger partial charge in [-0.05, 0) is 24.8 Å². The highest BCUT2D eigenvalue weighted by Crippen LogP contribution is 2.40. The summed E-state index contributed by atoms with van der Waals surface area (Å²) < 4.78 is 76.9. The van der Waals surface area contributed by atoms with Gasteiger partial charge in [-0.25, -0.2) is 13.6 Å². The van der Waals surface area contributed by atoms with Gasteiger partial charge in [-0.2, -0.15) is 0 Å². The summed E-state index contributed by atoms with van der Waals surface area (Å²) in [5.74, 6) is -6.29. The number of nitrogens with two attached hydrogens (primary N) is 4. The molecule has 1 amide bonds. The van der Waals surface area contributed by atoms with Crippen molar-refractivity contribution in [1.29, 1.82) is 0 Å². The molecule has 3 fully saturated rings. The second-order valence-electron chi connectivity index (χ2n) is 12.7. The fourth-order valence-corrected chi connectivity index (χ4v) is 6.15. The molecule has 0 spiro atoms. The number of ether oxygens (including phenoxy) is 8. The molecule has 1 aromatic rings. The van der Waals surface area contributed by atoms with Crippen molar-refractivity contribution in [3.8, 4) is 0 Å². The smallest absolute Gasteiger partial charge is 0.407 e. The zero-order valence-electron chi connectivity index (χ0n) is 28.5. The van der Waals surface area contributed by atoms with E-state index in [1.165, 1.54) is 0 Å². The maximum absolute atomic E-state index is 16.4. The van der Waals surface area contributed by atoms with E-state index < -0.39 is 110 Å². The molecule has 2 aliphatic heterocycles. The Kier molecular flexibility index (Phi) is 14.0. The maximum atomic E-state index is 16.4. The van der Waals surface area contributed by atoms with Crippen LogP contribution in [0.3, 0.4) is 0 Å². The van der Waals surface area contributed by atoms with Crippen LogP contribution < -0.4 is 28.3 Å². The Morgan fingerprint density at radius 2 is 1.41 bits per heavy atom. The number of amides is 1. The largest absolute Gasteiger partial charge is 0.463 e. The number of benzene rings is 1. The average molecular weight is 732 g/mol. The summed E-state index contributed by atoms with van der Waals surface area (Å²) in [6, 6.07) is 4.18. The van der Waals surface area contributed by atoms with Crippen molar-refractivity contribution in [2.75, 3.05) is 13.2 Å². The SMILES string of the molecule is CC(=O)OCC1OC(OC2C(N)CC(N)C(OC3OC(CNC(=O)OCc4ccccc4)CCC3N)C2(F)F)C(OC(C)=O)C(N)C1OC(C)=O. The maximum Gasteiger partial charge on any atom is 0.407 e. The van der Waals surface area contributed by atoms with E-state index in [2.05, 4.69) is 5.32 Å². The van der Waals surface area contributed by atoms with E-state index in [1.54, 1.807) is 12.1 Å². The summed E-state index contributed by atoms with van der Waals surface area (Å²) in [5, 5.41) is 2.59. The van der Waals surface area contributed by atoms with Gasteiger partial charge in [0.2, 0.25) is 0 Å². The van der Waals surface area contributed by atoms with Gasteiger partial charge < -0.3 is 66.1 Å². The van der Waals surface area contributed by atoms with E-state index in [-0.39, 0.29) is 19.6 Å². The van der Waals surface area contributed by atoms with E-state index >= 15 is 8.78 Å². The van der Waals surface area contributed by atoms with Gasteiger partial charge in [0.25, 0.3) is 0 Å². The molecular formula is C32H47F2N5O12. The normalized spacial score (nSPS) is 34.8. The molecular weight excluding hydrogens is 684 g/mol. The van der Waals surface area contributed by atoms with Gasteiger partial charge in [0.15, 0.2) is 24.8 Å². The Hall–Kier alpha value is -3.56. The zero-order valence-corrected chi connectivity index (χ0v) is 28.5. The first-order valence-corrected chi connectivity index (χ1v) is 16.5. The molecule has 1 saturated carbocycles. The van der Waals surface area contributed by atoms with Crippen molar-refractivity contribution >= 4 is 24.0 Å².